The predicted molar refractivity (Wildman–Crippen MR) is 78.7 cm³/mol. The van der Waals surface area contributed by atoms with Crippen molar-refractivity contribution >= 4 is 5.95 Å². The molecular formula is C15H27N3O. The van der Waals surface area contributed by atoms with Crippen LogP contribution in [0.3, 0.4) is 0 Å². The van der Waals surface area contributed by atoms with Crippen LogP contribution in [0.15, 0.2) is 6.20 Å². The molecule has 4 heteroatoms. The molecule has 1 unspecified atom stereocenters. The molecule has 0 saturated heterocycles. The van der Waals surface area contributed by atoms with E-state index in [1.807, 2.05) is 0 Å². The molecule has 19 heavy (non-hydrogen) atoms. The third-order valence-corrected chi connectivity index (χ3v) is 3.95. The highest BCUT2D eigenvalue weighted by molar-refractivity contribution is 5.31. The van der Waals surface area contributed by atoms with E-state index in [0.29, 0.717) is 12.1 Å². The Morgan fingerprint density at radius 2 is 2.16 bits per heavy atom. The van der Waals surface area contributed by atoms with E-state index in [4.69, 9.17) is 4.74 Å². The molecule has 4 nitrogen and oxygen atoms in total. The molecule has 1 saturated carbocycles. The Morgan fingerprint density at radius 1 is 1.42 bits per heavy atom. The summed E-state index contributed by atoms with van der Waals surface area (Å²) >= 11 is 0. The summed E-state index contributed by atoms with van der Waals surface area (Å²) in [6.45, 7) is 5.05. The topological polar surface area (TPSA) is 39.1 Å². The van der Waals surface area contributed by atoms with Crippen molar-refractivity contribution in [3.05, 3.63) is 11.9 Å². The number of nitrogens with zero attached hydrogens (tertiary/aromatic N) is 2. The van der Waals surface area contributed by atoms with Gasteiger partial charge in [0.15, 0.2) is 0 Å². The molecule has 1 aromatic rings. The van der Waals surface area contributed by atoms with Crippen molar-refractivity contribution in [1.82, 2.24) is 9.55 Å². The number of aromatic nitrogens is 2. The molecule has 1 fully saturated rings. The van der Waals surface area contributed by atoms with Gasteiger partial charge in [-0.3, -0.25) is 0 Å². The van der Waals surface area contributed by atoms with E-state index in [0.717, 1.165) is 24.7 Å². The van der Waals surface area contributed by atoms with Crippen LogP contribution < -0.4 is 5.32 Å². The van der Waals surface area contributed by atoms with Gasteiger partial charge in [0.1, 0.15) is 0 Å². The van der Waals surface area contributed by atoms with Crippen LogP contribution in [0, 0.1) is 6.92 Å². The van der Waals surface area contributed by atoms with Crippen molar-refractivity contribution in [2.75, 3.05) is 19.0 Å². The minimum absolute atomic E-state index is 0.393. The fourth-order valence-electron chi connectivity index (χ4n) is 2.85. The maximum absolute atomic E-state index is 5.13. The zero-order valence-electron chi connectivity index (χ0n) is 12.5. The highest BCUT2D eigenvalue weighted by Crippen LogP contribution is 2.31. The van der Waals surface area contributed by atoms with Crippen LogP contribution in [-0.4, -0.2) is 29.3 Å². The molecule has 0 radical (unpaired) electrons. The molecule has 0 aromatic carbocycles. The Hall–Kier alpha value is -1.03. The van der Waals surface area contributed by atoms with E-state index in [-0.39, 0.29) is 0 Å². The van der Waals surface area contributed by atoms with Crippen molar-refractivity contribution < 1.29 is 4.74 Å². The zero-order chi connectivity index (χ0) is 13.7. The predicted octanol–water partition coefficient (Wildman–Crippen LogP) is 3.53. The number of rotatable bonds is 6. The van der Waals surface area contributed by atoms with Crippen molar-refractivity contribution in [2.24, 2.45) is 0 Å². The van der Waals surface area contributed by atoms with E-state index in [2.05, 4.69) is 34.9 Å². The Morgan fingerprint density at radius 3 is 2.84 bits per heavy atom. The van der Waals surface area contributed by atoms with Gasteiger partial charge in [-0.05, 0) is 33.1 Å². The van der Waals surface area contributed by atoms with Crippen LogP contribution >= 0.6 is 0 Å². The molecule has 1 atom stereocenters. The first-order valence-electron chi connectivity index (χ1n) is 7.51. The first-order chi connectivity index (χ1) is 9.20. The minimum Gasteiger partial charge on any atom is -0.385 e. The SMILES string of the molecule is COCCC(C)Nc1nc(C)cn1C1CCCCC1. The van der Waals surface area contributed by atoms with Crippen molar-refractivity contribution in [3.8, 4) is 0 Å². The molecule has 0 bridgehead atoms. The molecule has 1 aliphatic rings. The van der Waals surface area contributed by atoms with Gasteiger partial charge in [0.05, 0.1) is 5.69 Å². The summed E-state index contributed by atoms with van der Waals surface area (Å²) in [4.78, 5) is 4.64. The Balaban J connectivity index is 2.02. The molecule has 108 valence electrons. The second-order valence-electron chi connectivity index (χ2n) is 5.73. The van der Waals surface area contributed by atoms with E-state index in [1.165, 1.54) is 32.1 Å². The summed E-state index contributed by atoms with van der Waals surface area (Å²) in [5, 5.41) is 3.54. The van der Waals surface area contributed by atoms with E-state index >= 15 is 0 Å². The average molecular weight is 265 g/mol. The van der Waals surface area contributed by atoms with Gasteiger partial charge in [0.2, 0.25) is 5.95 Å². The molecule has 0 aliphatic heterocycles. The van der Waals surface area contributed by atoms with E-state index < -0.39 is 0 Å². The summed E-state index contributed by atoms with van der Waals surface area (Å²) in [7, 11) is 1.75. The van der Waals surface area contributed by atoms with Crippen LogP contribution in [0.5, 0.6) is 0 Å². The maximum atomic E-state index is 5.13. The fourth-order valence-corrected chi connectivity index (χ4v) is 2.85. The van der Waals surface area contributed by atoms with Gasteiger partial charge in [0, 0.05) is 32.0 Å². The van der Waals surface area contributed by atoms with Crippen molar-refractivity contribution in [2.45, 2.75) is 64.5 Å². The number of imidazole rings is 1. The third kappa shape index (κ3) is 3.96. The van der Waals surface area contributed by atoms with E-state index in [1.54, 1.807) is 7.11 Å². The van der Waals surface area contributed by atoms with Gasteiger partial charge < -0.3 is 14.6 Å². The highest BCUT2D eigenvalue weighted by atomic mass is 16.5. The van der Waals surface area contributed by atoms with Gasteiger partial charge in [-0.15, -0.1) is 0 Å². The fraction of sp³-hybridized carbons (Fsp3) is 0.800. The maximum Gasteiger partial charge on any atom is 0.203 e. The highest BCUT2D eigenvalue weighted by Gasteiger charge is 2.19. The number of methoxy groups -OCH3 is 1. The molecular weight excluding hydrogens is 238 g/mol. The molecule has 0 spiro atoms. The van der Waals surface area contributed by atoms with Crippen molar-refractivity contribution in [1.29, 1.82) is 0 Å². The monoisotopic (exact) mass is 265 g/mol. The van der Waals surface area contributed by atoms with Crippen LogP contribution in [-0.2, 0) is 4.74 Å². The third-order valence-electron chi connectivity index (χ3n) is 3.95. The number of aryl methyl sites for hydroxylation is 1. The summed E-state index contributed by atoms with van der Waals surface area (Å²) in [6.07, 6.45) is 9.86. The van der Waals surface area contributed by atoms with Gasteiger partial charge in [-0.1, -0.05) is 19.3 Å². The van der Waals surface area contributed by atoms with E-state index in [9.17, 15) is 0 Å². The van der Waals surface area contributed by atoms with Gasteiger partial charge in [0.25, 0.3) is 0 Å². The molecule has 2 rings (SSSR count). The quantitative estimate of drug-likeness (QED) is 0.855. The average Bonchev–Trinajstić information content (AvgIpc) is 2.78. The Bertz CT molecular complexity index is 383. The molecule has 0 amide bonds. The van der Waals surface area contributed by atoms with Crippen molar-refractivity contribution in [3.63, 3.8) is 0 Å². The number of hydrogen-bond acceptors (Lipinski definition) is 3. The lowest BCUT2D eigenvalue weighted by molar-refractivity contribution is 0.191. The molecule has 1 aromatic heterocycles. The summed E-state index contributed by atoms with van der Waals surface area (Å²) in [6, 6.07) is 1.02. The van der Waals surface area contributed by atoms with Crippen LogP contribution in [0.2, 0.25) is 0 Å². The Kier molecular flexibility index (Phi) is 5.25. The smallest absolute Gasteiger partial charge is 0.203 e. The van der Waals surface area contributed by atoms with Gasteiger partial charge in [-0.25, -0.2) is 4.98 Å². The van der Waals surface area contributed by atoms with Gasteiger partial charge >= 0.3 is 0 Å². The number of nitrogens with one attached hydrogen (secondary N) is 1. The summed E-state index contributed by atoms with van der Waals surface area (Å²) in [5.41, 5.74) is 1.10. The second-order valence-corrected chi connectivity index (χ2v) is 5.73. The summed E-state index contributed by atoms with van der Waals surface area (Å²) < 4.78 is 7.49. The molecule has 1 heterocycles. The Labute approximate surface area is 116 Å². The second kappa shape index (κ2) is 6.94. The largest absolute Gasteiger partial charge is 0.385 e. The first kappa shape index (κ1) is 14.4. The first-order valence-corrected chi connectivity index (χ1v) is 7.51. The number of hydrogen-bond donors (Lipinski definition) is 1. The lowest BCUT2D eigenvalue weighted by Crippen LogP contribution is -2.22. The lowest BCUT2D eigenvalue weighted by atomic mass is 9.95. The minimum atomic E-state index is 0.393. The normalized spacial score (nSPS) is 18.5. The number of ether oxygens (including phenoxy) is 1. The zero-order valence-corrected chi connectivity index (χ0v) is 12.5. The lowest BCUT2D eigenvalue weighted by Gasteiger charge is -2.25. The molecule has 1 N–H and O–H groups in total. The molecule has 1 aliphatic carbocycles. The number of anilines is 1. The summed E-state index contributed by atoms with van der Waals surface area (Å²) in [5.74, 6) is 1.04. The van der Waals surface area contributed by atoms with Crippen LogP contribution in [0.4, 0.5) is 5.95 Å². The van der Waals surface area contributed by atoms with Crippen LogP contribution in [0.25, 0.3) is 0 Å². The van der Waals surface area contributed by atoms with Crippen LogP contribution in [0.1, 0.15) is 57.2 Å². The van der Waals surface area contributed by atoms with Gasteiger partial charge in [-0.2, -0.15) is 0 Å². The standard InChI is InChI=1S/C15H27N3O/c1-12(9-10-19-3)16-15-17-13(2)11-18(15)14-7-5-4-6-8-14/h11-12,14H,4-10H2,1-3H3,(H,16,17).